The van der Waals surface area contributed by atoms with Gasteiger partial charge in [-0.1, -0.05) is 12.8 Å². The molecule has 0 bridgehead atoms. The van der Waals surface area contributed by atoms with E-state index in [2.05, 4.69) is 5.73 Å². The van der Waals surface area contributed by atoms with Crippen molar-refractivity contribution >= 4 is 5.91 Å². The zero-order chi connectivity index (χ0) is 9.23. The van der Waals surface area contributed by atoms with E-state index in [9.17, 15) is 4.79 Å². The van der Waals surface area contributed by atoms with E-state index >= 15 is 0 Å². The highest BCUT2D eigenvalue weighted by Crippen LogP contribution is 2.03. The molecule has 4 heteroatoms. The highest BCUT2D eigenvalue weighted by molar-refractivity contribution is 5.74. The molecule has 0 atom stereocenters. The third-order valence-corrected chi connectivity index (χ3v) is 1.78. The fourth-order valence-electron chi connectivity index (χ4n) is 1.05. The summed E-state index contributed by atoms with van der Waals surface area (Å²) in [7, 11) is 0. The molecule has 0 aliphatic carbocycles. The molecule has 0 saturated carbocycles. The van der Waals surface area contributed by atoms with Crippen LogP contribution in [0, 0.1) is 0 Å². The minimum absolute atomic E-state index is 0.285. The van der Waals surface area contributed by atoms with Crippen molar-refractivity contribution in [2.24, 2.45) is 0 Å². The quantitative estimate of drug-likeness (QED) is 0.291. The molecule has 0 radical (unpaired) electrons. The van der Waals surface area contributed by atoms with Gasteiger partial charge in [0.2, 0.25) is 5.91 Å². The Hall–Kier alpha value is -0.610. The minimum Gasteiger partial charge on any atom is -0.358 e. The first-order chi connectivity index (χ1) is 5.81. The Bertz CT molecular complexity index is 118. The number of amides is 1. The molecule has 0 saturated heterocycles. The second kappa shape index (κ2) is 8.49. The van der Waals surface area contributed by atoms with Gasteiger partial charge < -0.3 is 5.73 Å². The highest BCUT2D eigenvalue weighted by Gasteiger charge is 1.97. The Morgan fingerprint density at radius 1 is 1.17 bits per heavy atom. The number of rotatable bonds is 7. The van der Waals surface area contributed by atoms with Crippen LogP contribution in [0.2, 0.25) is 0 Å². The van der Waals surface area contributed by atoms with Crippen LogP contribution in [0.25, 0.3) is 0 Å². The molecule has 0 heterocycles. The molecule has 1 amide bonds. The van der Waals surface area contributed by atoms with E-state index in [4.69, 9.17) is 5.21 Å². The lowest BCUT2D eigenvalue weighted by molar-refractivity contribution is -0.368. The molecule has 0 aromatic carbocycles. The van der Waals surface area contributed by atoms with Crippen LogP contribution in [0.1, 0.15) is 38.5 Å². The molecule has 0 fully saturated rings. The molecular weight excluding hydrogens is 156 g/mol. The number of nitrogens with one attached hydrogen (secondary N) is 1. The molecule has 5 N–H and O–H groups in total. The molecule has 4 nitrogen and oxygen atoms in total. The Morgan fingerprint density at radius 2 is 1.75 bits per heavy atom. The van der Waals surface area contributed by atoms with Crippen molar-refractivity contribution in [3.8, 4) is 0 Å². The molecule has 0 spiro atoms. The number of hydrogen-bond donors (Lipinski definition) is 3. The lowest BCUT2D eigenvalue weighted by atomic mass is 10.1. The average molecular weight is 175 g/mol. The van der Waals surface area contributed by atoms with E-state index in [1.165, 1.54) is 12.8 Å². The maximum atomic E-state index is 10.5. The van der Waals surface area contributed by atoms with E-state index in [0.717, 1.165) is 25.8 Å². The van der Waals surface area contributed by atoms with Gasteiger partial charge in [-0.2, -0.15) is 0 Å². The summed E-state index contributed by atoms with van der Waals surface area (Å²) in [6.07, 6.45) is 5.89. The number of carbonyl (C=O) groups excluding carboxylic acids is 1. The van der Waals surface area contributed by atoms with Crippen LogP contribution in [0.4, 0.5) is 0 Å². The van der Waals surface area contributed by atoms with Crippen LogP contribution in [0.15, 0.2) is 0 Å². The van der Waals surface area contributed by atoms with Crippen molar-refractivity contribution < 1.29 is 15.7 Å². The van der Waals surface area contributed by atoms with Crippen molar-refractivity contribution in [3.05, 3.63) is 0 Å². The second-order valence-electron chi connectivity index (χ2n) is 2.91. The Labute approximate surface area is 73.1 Å². The topological polar surface area (TPSA) is 77.0 Å². The number of quaternary nitrogens is 1. The van der Waals surface area contributed by atoms with E-state index in [1.54, 1.807) is 5.48 Å². The zero-order valence-corrected chi connectivity index (χ0v) is 7.51. The van der Waals surface area contributed by atoms with Gasteiger partial charge in [-0.05, 0) is 19.3 Å². The first-order valence-electron chi connectivity index (χ1n) is 4.53. The SMILES string of the molecule is [NH3+]CCCCCCCC(=O)NO. The van der Waals surface area contributed by atoms with E-state index in [0.29, 0.717) is 6.42 Å². The molecule has 0 rings (SSSR count). The zero-order valence-electron chi connectivity index (χ0n) is 7.51. The van der Waals surface area contributed by atoms with Gasteiger partial charge in [0.1, 0.15) is 0 Å². The lowest BCUT2D eigenvalue weighted by Crippen LogP contribution is -2.50. The largest absolute Gasteiger partial charge is 0.358 e. The normalized spacial score (nSPS) is 9.83. The molecule has 0 aromatic heterocycles. The summed E-state index contributed by atoms with van der Waals surface area (Å²) in [4.78, 5) is 10.5. The Morgan fingerprint density at radius 3 is 2.33 bits per heavy atom. The monoisotopic (exact) mass is 175 g/mol. The number of unbranched alkanes of at least 4 members (excludes halogenated alkanes) is 4. The van der Waals surface area contributed by atoms with Gasteiger partial charge >= 0.3 is 0 Å². The highest BCUT2D eigenvalue weighted by atomic mass is 16.5. The summed E-state index contributed by atoms with van der Waals surface area (Å²) in [5.41, 5.74) is 5.37. The van der Waals surface area contributed by atoms with Crippen LogP contribution < -0.4 is 11.2 Å². The Balaban J connectivity index is 2.95. The van der Waals surface area contributed by atoms with Crippen LogP contribution in [-0.2, 0) is 4.79 Å². The van der Waals surface area contributed by atoms with Crippen molar-refractivity contribution in [1.82, 2.24) is 5.48 Å². The van der Waals surface area contributed by atoms with Gasteiger partial charge in [-0.25, -0.2) is 5.48 Å². The van der Waals surface area contributed by atoms with Crippen LogP contribution in [-0.4, -0.2) is 17.7 Å². The summed E-state index contributed by atoms with van der Waals surface area (Å²) in [6.45, 7) is 0.997. The van der Waals surface area contributed by atoms with Gasteiger partial charge in [0.25, 0.3) is 0 Å². The number of hydrogen-bond acceptors (Lipinski definition) is 2. The molecule has 12 heavy (non-hydrogen) atoms. The summed E-state index contributed by atoms with van der Waals surface area (Å²) in [6, 6.07) is 0. The van der Waals surface area contributed by atoms with Crippen molar-refractivity contribution in [1.29, 1.82) is 0 Å². The first-order valence-corrected chi connectivity index (χ1v) is 4.53. The van der Waals surface area contributed by atoms with Gasteiger partial charge in [-0.3, -0.25) is 10.0 Å². The standard InChI is InChI=1S/C8H18N2O2/c9-7-5-3-1-2-4-6-8(11)10-12/h12H,1-7,9H2,(H,10,11)/p+1. The predicted molar refractivity (Wildman–Crippen MR) is 45.4 cm³/mol. The predicted octanol–water partition coefficient (Wildman–Crippen LogP) is 0.0743. The Kier molecular flexibility index (Phi) is 8.05. The lowest BCUT2D eigenvalue weighted by Gasteiger charge is -1.98. The third-order valence-electron chi connectivity index (χ3n) is 1.78. The van der Waals surface area contributed by atoms with Gasteiger partial charge in [-0.15, -0.1) is 0 Å². The molecular formula is C8H19N2O2+. The van der Waals surface area contributed by atoms with E-state index < -0.39 is 0 Å². The van der Waals surface area contributed by atoms with E-state index in [-0.39, 0.29) is 5.91 Å². The molecule has 72 valence electrons. The second-order valence-corrected chi connectivity index (χ2v) is 2.91. The third kappa shape index (κ3) is 7.50. The van der Waals surface area contributed by atoms with Crippen molar-refractivity contribution in [2.45, 2.75) is 38.5 Å². The summed E-state index contributed by atoms with van der Waals surface area (Å²) >= 11 is 0. The molecule has 0 aromatic rings. The van der Waals surface area contributed by atoms with Crippen molar-refractivity contribution in [3.63, 3.8) is 0 Å². The van der Waals surface area contributed by atoms with Crippen LogP contribution >= 0.6 is 0 Å². The van der Waals surface area contributed by atoms with E-state index in [1.807, 2.05) is 0 Å². The first kappa shape index (κ1) is 11.4. The number of hydroxylamine groups is 1. The van der Waals surface area contributed by atoms with Gasteiger partial charge in [0.15, 0.2) is 0 Å². The molecule has 0 aliphatic rings. The summed E-state index contributed by atoms with van der Waals surface area (Å²) in [5.74, 6) is -0.285. The van der Waals surface area contributed by atoms with Gasteiger partial charge in [0.05, 0.1) is 6.54 Å². The van der Waals surface area contributed by atoms with Crippen LogP contribution in [0.5, 0.6) is 0 Å². The van der Waals surface area contributed by atoms with Gasteiger partial charge in [0, 0.05) is 6.42 Å². The summed E-state index contributed by atoms with van der Waals surface area (Å²) in [5, 5.41) is 8.17. The average Bonchev–Trinajstić information content (AvgIpc) is 2.10. The smallest absolute Gasteiger partial charge is 0.243 e. The maximum Gasteiger partial charge on any atom is 0.243 e. The molecule has 0 unspecified atom stereocenters. The van der Waals surface area contributed by atoms with Crippen molar-refractivity contribution in [2.75, 3.05) is 6.54 Å². The fourth-order valence-corrected chi connectivity index (χ4v) is 1.05. The molecule has 0 aliphatic heterocycles. The fraction of sp³-hybridized carbons (Fsp3) is 0.875. The van der Waals surface area contributed by atoms with Crippen LogP contribution in [0.3, 0.4) is 0 Å². The number of carbonyl (C=O) groups is 1. The minimum atomic E-state index is -0.285. The summed E-state index contributed by atoms with van der Waals surface area (Å²) < 4.78 is 0. The maximum absolute atomic E-state index is 10.5.